The van der Waals surface area contributed by atoms with E-state index in [1.165, 1.54) is 12.1 Å². The molecule has 0 radical (unpaired) electrons. The standard InChI is InChI=1S/C24H27FN6OS/c1-4-32-21-11-9-20(10-12-21)29-24(33)31-22(30-23-27-16(2)15-17(3)28-23)26-14-13-18-5-7-19(25)8-6-18/h5-12,15H,4,13-14H2,1-3H3,(H3,26,27,28,29,30,31,33). The summed E-state index contributed by atoms with van der Waals surface area (Å²) in [5.41, 5.74) is 3.47. The molecular weight excluding hydrogens is 439 g/mol. The molecule has 0 spiro atoms. The molecule has 7 nitrogen and oxygen atoms in total. The van der Waals surface area contributed by atoms with E-state index in [2.05, 4.69) is 30.9 Å². The molecule has 172 valence electrons. The summed E-state index contributed by atoms with van der Waals surface area (Å²) in [7, 11) is 0. The van der Waals surface area contributed by atoms with Crippen LogP contribution in [0.1, 0.15) is 23.9 Å². The molecule has 33 heavy (non-hydrogen) atoms. The molecule has 0 atom stereocenters. The quantitative estimate of drug-likeness (QED) is 0.266. The lowest BCUT2D eigenvalue weighted by Gasteiger charge is -2.14. The average molecular weight is 467 g/mol. The molecule has 0 aliphatic carbocycles. The van der Waals surface area contributed by atoms with Gasteiger partial charge in [0.15, 0.2) is 5.11 Å². The zero-order valence-electron chi connectivity index (χ0n) is 18.9. The first kappa shape index (κ1) is 24.1. The monoisotopic (exact) mass is 466 g/mol. The van der Waals surface area contributed by atoms with Gasteiger partial charge >= 0.3 is 0 Å². The fourth-order valence-corrected chi connectivity index (χ4v) is 3.23. The summed E-state index contributed by atoms with van der Waals surface area (Å²) in [6.45, 7) is 6.80. The second-order valence-electron chi connectivity index (χ2n) is 7.24. The highest BCUT2D eigenvalue weighted by Gasteiger charge is 2.08. The molecule has 2 aromatic carbocycles. The third kappa shape index (κ3) is 8.12. The summed E-state index contributed by atoms with van der Waals surface area (Å²) in [6, 6.07) is 15.8. The minimum absolute atomic E-state index is 0.260. The van der Waals surface area contributed by atoms with E-state index >= 15 is 0 Å². The van der Waals surface area contributed by atoms with Crippen LogP contribution in [0.25, 0.3) is 0 Å². The maximum absolute atomic E-state index is 13.1. The first-order chi connectivity index (χ1) is 15.9. The minimum atomic E-state index is -0.260. The number of guanidine groups is 1. The van der Waals surface area contributed by atoms with Crippen molar-refractivity contribution >= 4 is 34.9 Å². The van der Waals surface area contributed by atoms with Crippen molar-refractivity contribution in [1.29, 1.82) is 0 Å². The molecule has 0 unspecified atom stereocenters. The number of aromatic nitrogens is 2. The fraction of sp³-hybridized carbons (Fsp3) is 0.250. The molecule has 1 aromatic heterocycles. The fourth-order valence-electron chi connectivity index (χ4n) is 3.02. The molecule has 0 bridgehead atoms. The zero-order valence-corrected chi connectivity index (χ0v) is 19.7. The lowest BCUT2D eigenvalue weighted by molar-refractivity contribution is 0.340. The van der Waals surface area contributed by atoms with Crippen LogP contribution in [-0.4, -0.2) is 34.2 Å². The van der Waals surface area contributed by atoms with Gasteiger partial charge in [0.25, 0.3) is 0 Å². The SMILES string of the molecule is CCOc1ccc(NC(=S)NC(=NCCc2ccc(F)cc2)Nc2nc(C)cc(C)n2)cc1. The number of halogens is 1. The zero-order chi connectivity index (χ0) is 23.6. The van der Waals surface area contributed by atoms with Gasteiger partial charge in [-0.15, -0.1) is 0 Å². The van der Waals surface area contributed by atoms with E-state index in [1.54, 1.807) is 12.1 Å². The van der Waals surface area contributed by atoms with E-state index in [4.69, 9.17) is 17.0 Å². The number of thiocarbonyl (C=S) groups is 1. The minimum Gasteiger partial charge on any atom is -0.494 e. The van der Waals surface area contributed by atoms with Crippen molar-refractivity contribution < 1.29 is 9.13 Å². The van der Waals surface area contributed by atoms with E-state index in [-0.39, 0.29) is 5.82 Å². The van der Waals surface area contributed by atoms with Gasteiger partial charge in [0, 0.05) is 23.6 Å². The third-order valence-corrected chi connectivity index (χ3v) is 4.66. The Balaban J connectivity index is 1.69. The van der Waals surface area contributed by atoms with Crippen molar-refractivity contribution in [2.75, 3.05) is 23.8 Å². The largest absolute Gasteiger partial charge is 0.494 e. The molecule has 0 aliphatic rings. The molecule has 0 amide bonds. The Morgan fingerprint density at radius 1 is 1.00 bits per heavy atom. The van der Waals surface area contributed by atoms with E-state index in [0.717, 1.165) is 28.4 Å². The molecule has 0 aliphatic heterocycles. The van der Waals surface area contributed by atoms with Crippen LogP contribution in [0.2, 0.25) is 0 Å². The number of ether oxygens (including phenoxy) is 1. The van der Waals surface area contributed by atoms with Crippen molar-refractivity contribution in [3.63, 3.8) is 0 Å². The normalized spacial score (nSPS) is 11.1. The highest BCUT2D eigenvalue weighted by Crippen LogP contribution is 2.15. The average Bonchev–Trinajstić information content (AvgIpc) is 2.76. The number of hydrogen-bond acceptors (Lipinski definition) is 5. The van der Waals surface area contributed by atoms with Gasteiger partial charge in [0.1, 0.15) is 11.6 Å². The number of benzene rings is 2. The van der Waals surface area contributed by atoms with Gasteiger partial charge in [-0.25, -0.2) is 14.4 Å². The predicted octanol–water partition coefficient (Wildman–Crippen LogP) is 4.63. The molecule has 0 fully saturated rings. The summed E-state index contributed by atoms with van der Waals surface area (Å²) in [4.78, 5) is 13.4. The summed E-state index contributed by atoms with van der Waals surface area (Å²) in [5.74, 6) is 1.36. The Morgan fingerprint density at radius 3 is 2.30 bits per heavy atom. The highest BCUT2D eigenvalue weighted by atomic mass is 32.1. The van der Waals surface area contributed by atoms with Crippen LogP contribution in [0.3, 0.4) is 0 Å². The molecule has 0 saturated carbocycles. The van der Waals surface area contributed by atoms with Crippen molar-refractivity contribution in [2.24, 2.45) is 4.99 Å². The van der Waals surface area contributed by atoms with Gasteiger partial charge in [-0.3, -0.25) is 10.3 Å². The van der Waals surface area contributed by atoms with Gasteiger partial charge in [0.2, 0.25) is 11.9 Å². The van der Waals surface area contributed by atoms with Gasteiger partial charge in [-0.2, -0.15) is 0 Å². The van der Waals surface area contributed by atoms with Crippen LogP contribution >= 0.6 is 12.2 Å². The number of aryl methyl sites for hydroxylation is 2. The van der Waals surface area contributed by atoms with E-state index in [1.807, 2.05) is 51.1 Å². The Labute approximate surface area is 198 Å². The van der Waals surface area contributed by atoms with Crippen molar-refractivity contribution in [3.05, 3.63) is 77.4 Å². The van der Waals surface area contributed by atoms with Crippen LogP contribution in [0.4, 0.5) is 16.0 Å². The summed E-state index contributed by atoms with van der Waals surface area (Å²) >= 11 is 5.47. The second-order valence-corrected chi connectivity index (χ2v) is 7.65. The number of hydrogen-bond donors (Lipinski definition) is 3. The Morgan fingerprint density at radius 2 is 1.67 bits per heavy atom. The van der Waals surface area contributed by atoms with Crippen molar-refractivity contribution in [1.82, 2.24) is 15.3 Å². The molecule has 1 heterocycles. The van der Waals surface area contributed by atoms with Crippen molar-refractivity contribution in [3.8, 4) is 5.75 Å². The molecular formula is C24H27FN6OS. The maximum atomic E-state index is 13.1. The van der Waals surface area contributed by atoms with Gasteiger partial charge in [-0.05, 0) is 87.4 Å². The van der Waals surface area contributed by atoms with Gasteiger partial charge in [0.05, 0.1) is 6.61 Å². The van der Waals surface area contributed by atoms with Crippen LogP contribution in [-0.2, 0) is 6.42 Å². The second kappa shape index (κ2) is 11.9. The van der Waals surface area contributed by atoms with Crippen LogP contribution < -0.4 is 20.7 Å². The van der Waals surface area contributed by atoms with Crippen LogP contribution in [0.15, 0.2) is 59.6 Å². The Bertz CT molecular complexity index is 1080. The smallest absolute Gasteiger partial charge is 0.229 e. The summed E-state index contributed by atoms with van der Waals surface area (Å²) in [6.07, 6.45) is 0.639. The van der Waals surface area contributed by atoms with Crippen LogP contribution in [0, 0.1) is 19.7 Å². The molecule has 3 aromatic rings. The highest BCUT2D eigenvalue weighted by molar-refractivity contribution is 7.80. The molecule has 0 saturated heterocycles. The number of aliphatic imine (C=N–C) groups is 1. The lowest BCUT2D eigenvalue weighted by atomic mass is 10.1. The number of anilines is 2. The van der Waals surface area contributed by atoms with Crippen LogP contribution in [0.5, 0.6) is 5.75 Å². The number of nitrogens with zero attached hydrogens (tertiary/aromatic N) is 3. The lowest BCUT2D eigenvalue weighted by Crippen LogP contribution is -2.39. The number of rotatable bonds is 7. The number of nitrogens with one attached hydrogen (secondary N) is 3. The van der Waals surface area contributed by atoms with Gasteiger partial charge < -0.3 is 15.4 Å². The predicted molar refractivity (Wildman–Crippen MR) is 135 cm³/mol. The van der Waals surface area contributed by atoms with E-state index in [0.29, 0.717) is 36.6 Å². The molecule has 9 heteroatoms. The summed E-state index contributed by atoms with van der Waals surface area (Å²) < 4.78 is 18.6. The third-order valence-electron chi connectivity index (χ3n) is 4.45. The Hall–Kier alpha value is -3.59. The van der Waals surface area contributed by atoms with E-state index in [9.17, 15) is 4.39 Å². The summed E-state index contributed by atoms with van der Waals surface area (Å²) in [5, 5.41) is 9.67. The Kier molecular flexibility index (Phi) is 8.65. The topological polar surface area (TPSA) is 83.5 Å². The van der Waals surface area contributed by atoms with E-state index < -0.39 is 0 Å². The van der Waals surface area contributed by atoms with Crippen molar-refractivity contribution in [2.45, 2.75) is 27.2 Å². The van der Waals surface area contributed by atoms with Gasteiger partial charge in [-0.1, -0.05) is 12.1 Å². The first-order valence-electron chi connectivity index (χ1n) is 10.6. The molecule has 3 rings (SSSR count). The maximum Gasteiger partial charge on any atom is 0.229 e. The molecule has 3 N–H and O–H groups in total. The first-order valence-corrected chi connectivity index (χ1v) is 11.0.